The molecule has 6 heteroatoms. The Hall–Kier alpha value is -1.80. The summed E-state index contributed by atoms with van der Waals surface area (Å²) in [5.74, 6) is 0. The molecule has 1 aliphatic heterocycles. The van der Waals surface area contributed by atoms with E-state index in [2.05, 4.69) is 4.90 Å². The molecule has 2 aromatic carbocycles. The van der Waals surface area contributed by atoms with Crippen LogP contribution in [0.1, 0.15) is 24.0 Å². The SMILES string of the molecule is COCOC[C@H]1CC[C@H](COCOC)N1CC(O)(c1ccccc1)c1ccccc1. The van der Waals surface area contributed by atoms with Gasteiger partial charge in [0.1, 0.15) is 19.2 Å². The van der Waals surface area contributed by atoms with Crippen molar-refractivity contribution >= 4 is 0 Å². The van der Waals surface area contributed by atoms with Crippen LogP contribution < -0.4 is 0 Å². The third kappa shape index (κ3) is 5.66. The number of aliphatic hydroxyl groups is 1. The molecule has 1 aliphatic rings. The Labute approximate surface area is 179 Å². The average molecular weight is 416 g/mol. The highest BCUT2D eigenvalue weighted by atomic mass is 16.7. The zero-order chi connectivity index (χ0) is 21.2. The van der Waals surface area contributed by atoms with Crippen LogP contribution in [0.4, 0.5) is 0 Å². The van der Waals surface area contributed by atoms with Crippen LogP contribution in [0.2, 0.25) is 0 Å². The quantitative estimate of drug-likeness (QED) is 0.425. The fraction of sp³-hybridized carbons (Fsp3) is 0.500. The molecule has 0 spiro atoms. The van der Waals surface area contributed by atoms with Crippen molar-refractivity contribution in [3.8, 4) is 0 Å². The lowest BCUT2D eigenvalue weighted by Gasteiger charge is -2.39. The van der Waals surface area contributed by atoms with Crippen molar-refractivity contribution in [2.45, 2.75) is 30.5 Å². The van der Waals surface area contributed by atoms with Crippen LogP contribution in [0.5, 0.6) is 0 Å². The first-order valence-corrected chi connectivity index (χ1v) is 10.4. The molecule has 1 saturated heterocycles. The summed E-state index contributed by atoms with van der Waals surface area (Å²) in [4.78, 5) is 2.32. The Bertz CT molecular complexity index is 669. The predicted octanol–water partition coefficient (Wildman–Crippen LogP) is 3.00. The Morgan fingerprint density at radius 1 is 0.800 bits per heavy atom. The van der Waals surface area contributed by atoms with Crippen LogP contribution >= 0.6 is 0 Å². The van der Waals surface area contributed by atoms with Gasteiger partial charge in [0, 0.05) is 32.8 Å². The van der Waals surface area contributed by atoms with Gasteiger partial charge in [0.2, 0.25) is 0 Å². The van der Waals surface area contributed by atoms with Crippen molar-refractivity contribution in [2.24, 2.45) is 0 Å². The maximum Gasteiger partial charge on any atom is 0.146 e. The number of β-amino-alcohol motifs (C(OH)–C–C–N with tert-alkyl or cyclic N) is 1. The summed E-state index contributed by atoms with van der Waals surface area (Å²) >= 11 is 0. The topological polar surface area (TPSA) is 60.4 Å². The fourth-order valence-corrected chi connectivity index (χ4v) is 4.21. The van der Waals surface area contributed by atoms with Gasteiger partial charge in [-0.25, -0.2) is 0 Å². The van der Waals surface area contributed by atoms with Crippen LogP contribution in [-0.2, 0) is 24.5 Å². The molecule has 1 N–H and O–H groups in total. The lowest BCUT2D eigenvalue weighted by molar-refractivity contribution is -0.0765. The zero-order valence-electron chi connectivity index (χ0n) is 17.9. The van der Waals surface area contributed by atoms with Gasteiger partial charge in [0.25, 0.3) is 0 Å². The number of nitrogens with zero attached hydrogens (tertiary/aromatic N) is 1. The minimum Gasteiger partial charge on any atom is -0.379 e. The summed E-state index contributed by atoms with van der Waals surface area (Å²) < 4.78 is 21.5. The zero-order valence-corrected chi connectivity index (χ0v) is 17.9. The summed E-state index contributed by atoms with van der Waals surface area (Å²) in [6.07, 6.45) is 1.95. The van der Waals surface area contributed by atoms with Gasteiger partial charge in [-0.1, -0.05) is 60.7 Å². The molecule has 0 aromatic heterocycles. The lowest BCUT2D eigenvalue weighted by atomic mass is 9.85. The van der Waals surface area contributed by atoms with Gasteiger partial charge in [-0.05, 0) is 24.0 Å². The number of hydrogen-bond acceptors (Lipinski definition) is 6. The van der Waals surface area contributed by atoms with Crippen molar-refractivity contribution in [2.75, 3.05) is 47.6 Å². The second-order valence-electron chi connectivity index (χ2n) is 7.70. The van der Waals surface area contributed by atoms with E-state index in [1.54, 1.807) is 14.2 Å². The van der Waals surface area contributed by atoms with Crippen LogP contribution in [0.25, 0.3) is 0 Å². The maximum atomic E-state index is 12.0. The van der Waals surface area contributed by atoms with Gasteiger partial charge in [-0.15, -0.1) is 0 Å². The normalized spacial score (nSPS) is 20.0. The van der Waals surface area contributed by atoms with E-state index < -0.39 is 5.60 Å². The van der Waals surface area contributed by atoms with Gasteiger partial charge in [-0.3, -0.25) is 4.90 Å². The predicted molar refractivity (Wildman–Crippen MR) is 115 cm³/mol. The Kier molecular flexibility index (Phi) is 8.81. The van der Waals surface area contributed by atoms with E-state index in [9.17, 15) is 5.11 Å². The van der Waals surface area contributed by atoms with Gasteiger partial charge < -0.3 is 24.1 Å². The molecule has 2 aromatic rings. The summed E-state index contributed by atoms with van der Waals surface area (Å²) in [6.45, 7) is 2.07. The van der Waals surface area contributed by atoms with E-state index in [1.807, 2.05) is 60.7 Å². The van der Waals surface area contributed by atoms with E-state index >= 15 is 0 Å². The Morgan fingerprint density at radius 3 is 1.63 bits per heavy atom. The van der Waals surface area contributed by atoms with E-state index in [1.165, 1.54) is 0 Å². The number of methoxy groups -OCH3 is 2. The van der Waals surface area contributed by atoms with Crippen molar-refractivity contribution < 1.29 is 24.1 Å². The van der Waals surface area contributed by atoms with Gasteiger partial charge >= 0.3 is 0 Å². The molecule has 6 nitrogen and oxygen atoms in total. The van der Waals surface area contributed by atoms with Gasteiger partial charge in [-0.2, -0.15) is 0 Å². The van der Waals surface area contributed by atoms with Gasteiger partial charge in [0.05, 0.1) is 13.2 Å². The van der Waals surface area contributed by atoms with Crippen molar-refractivity contribution in [1.29, 1.82) is 0 Å². The number of ether oxygens (including phenoxy) is 4. The molecule has 0 aliphatic carbocycles. The van der Waals surface area contributed by atoms with Crippen molar-refractivity contribution in [3.05, 3.63) is 71.8 Å². The first-order valence-electron chi connectivity index (χ1n) is 10.4. The molecule has 1 heterocycles. The van der Waals surface area contributed by atoms with E-state index in [-0.39, 0.29) is 25.7 Å². The summed E-state index contributed by atoms with van der Waals surface area (Å²) in [6, 6.07) is 20.1. The monoisotopic (exact) mass is 415 g/mol. The molecule has 30 heavy (non-hydrogen) atoms. The molecule has 1 fully saturated rings. The smallest absolute Gasteiger partial charge is 0.146 e. The number of hydrogen-bond donors (Lipinski definition) is 1. The molecule has 0 bridgehead atoms. The van der Waals surface area contributed by atoms with Crippen LogP contribution in [0.3, 0.4) is 0 Å². The number of rotatable bonds is 12. The number of benzene rings is 2. The second kappa shape index (κ2) is 11.6. The molecule has 2 atom stereocenters. The minimum atomic E-state index is -1.15. The van der Waals surface area contributed by atoms with E-state index in [4.69, 9.17) is 18.9 Å². The Balaban J connectivity index is 1.87. The molecular weight excluding hydrogens is 382 g/mol. The van der Waals surface area contributed by atoms with Crippen LogP contribution in [-0.4, -0.2) is 69.7 Å². The molecule has 0 saturated carbocycles. The molecule has 0 radical (unpaired) electrons. The minimum absolute atomic E-state index is 0.176. The molecule has 164 valence electrons. The highest BCUT2D eigenvalue weighted by molar-refractivity contribution is 5.36. The third-order valence-electron chi connectivity index (χ3n) is 5.71. The first-order chi connectivity index (χ1) is 14.7. The maximum absolute atomic E-state index is 12.0. The molecular formula is C24H33NO5. The van der Waals surface area contributed by atoms with Crippen LogP contribution in [0, 0.1) is 0 Å². The summed E-state index contributed by atoms with van der Waals surface area (Å²) in [5, 5.41) is 12.0. The molecule has 0 unspecified atom stereocenters. The van der Waals surface area contributed by atoms with Crippen LogP contribution in [0.15, 0.2) is 60.7 Å². The second-order valence-corrected chi connectivity index (χ2v) is 7.70. The van der Waals surface area contributed by atoms with E-state index in [0.29, 0.717) is 19.8 Å². The fourth-order valence-electron chi connectivity index (χ4n) is 4.21. The Morgan fingerprint density at radius 2 is 1.23 bits per heavy atom. The molecule has 0 amide bonds. The summed E-state index contributed by atoms with van der Waals surface area (Å²) in [5.41, 5.74) is 0.596. The summed E-state index contributed by atoms with van der Waals surface area (Å²) in [7, 11) is 3.24. The largest absolute Gasteiger partial charge is 0.379 e. The average Bonchev–Trinajstić information content (AvgIpc) is 3.16. The van der Waals surface area contributed by atoms with Crippen molar-refractivity contribution in [3.63, 3.8) is 0 Å². The standard InChI is InChI=1S/C24H33NO5/c1-27-18-29-15-22-13-14-23(16-30-19-28-2)25(22)17-24(26,20-9-5-3-6-10-20)21-11-7-4-8-12-21/h3-12,22-23,26H,13-19H2,1-2H3/t22-,23-/m1/s1. The number of likely N-dealkylation sites (tertiary alicyclic amines) is 1. The van der Waals surface area contributed by atoms with Gasteiger partial charge in [0.15, 0.2) is 0 Å². The molecule has 3 rings (SSSR count). The highest BCUT2D eigenvalue weighted by Crippen LogP contribution is 2.35. The lowest BCUT2D eigenvalue weighted by Crippen LogP contribution is -2.49. The van der Waals surface area contributed by atoms with E-state index in [0.717, 1.165) is 24.0 Å². The van der Waals surface area contributed by atoms with Crippen molar-refractivity contribution in [1.82, 2.24) is 4.90 Å². The first kappa shape index (κ1) is 22.9. The highest BCUT2D eigenvalue weighted by Gasteiger charge is 2.41. The third-order valence-corrected chi connectivity index (χ3v) is 5.71.